The Labute approximate surface area is 141 Å². The summed E-state index contributed by atoms with van der Waals surface area (Å²) in [5, 5.41) is 6.95. The average molecular weight is 344 g/mol. The van der Waals surface area contributed by atoms with Crippen molar-refractivity contribution in [2.45, 2.75) is 58.9 Å². The van der Waals surface area contributed by atoms with E-state index in [0.717, 1.165) is 37.2 Å². The molecule has 1 aliphatic carbocycles. The summed E-state index contributed by atoms with van der Waals surface area (Å²) in [6, 6.07) is 0.483. The Bertz CT molecular complexity index is 504. The van der Waals surface area contributed by atoms with Crippen LogP contribution in [0.3, 0.4) is 0 Å². The maximum absolute atomic E-state index is 11.6. The lowest BCUT2D eigenvalue weighted by Gasteiger charge is -2.33. The first-order valence-electron chi connectivity index (χ1n) is 9.15. The second-order valence-electron chi connectivity index (χ2n) is 7.49. The van der Waals surface area contributed by atoms with E-state index in [4.69, 9.17) is 0 Å². The van der Waals surface area contributed by atoms with E-state index in [-0.39, 0.29) is 5.92 Å². The third-order valence-corrected chi connectivity index (χ3v) is 7.15. The van der Waals surface area contributed by atoms with E-state index >= 15 is 0 Å². The van der Waals surface area contributed by atoms with E-state index in [0.29, 0.717) is 24.1 Å². The normalized spacial score (nSPS) is 34.3. The van der Waals surface area contributed by atoms with Gasteiger partial charge in [0.1, 0.15) is 0 Å². The predicted octanol–water partition coefficient (Wildman–Crippen LogP) is 2.19. The molecule has 4 unspecified atom stereocenters. The van der Waals surface area contributed by atoms with Crippen LogP contribution in [0.5, 0.6) is 0 Å². The summed E-state index contributed by atoms with van der Waals surface area (Å²) in [5.74, 6) is 3.23. The Morgan fingerprint density at radius 2 is 1.96 bits per heavy atom. The molecule has 6 heteroatoms. The zero-order valence-electron chi connectivity index (χ0n) is 14.8. The lowest BCUT2D eigenvalue weighted by Crippen LogP contribution is -2.46. The minimum Gasteiger partial charge on any atom is -0.356 e. The van der Waals surface area contributed by atoms with Crippen molar-refractivity contribution in [2.75, 3.05) is 24.6 Å². The number of sulfone groups is 1. The number of rotatable bonds is 5. The molecular formula is C17H33N3O2S. The molecule has 134 valence electrons. The molecule has 0 radical (unpaired) electrons. The molecule has 1 saturated heterocycles. The van der Waals surface area contributed by atoms with Crippen molar-refractivity contribution in [1.82, 2.24) is 10.6 Å². The quantitative estimate of drug-likeness (QED) is 0.593. The molecule has 2 rings (SSSR count). The SMILES string of the molecule is CCCNC(=NCC1CCS(=O)(=O)C1)NC1CCC(C)C(C)C1. The van der Waals surface area contributed by atoms with Crippen LogP contribution in [0.25, 0.3) is 0 Å². The molecule has 23 heavy (non-hydrogen) atoms. The van der Waals surface area contributed by atoms with E-state index in [1.165, 1.54) is 19.3 Å². The van der Waals surface area contributed by atoms with Crippen LogP contribution in [0.2, 0.25) is 0 Å². The fraction of sp³-hybridized carbons (Fsp3) is 0.941. The van der Waals surface area contributed by atoms with Crippen LogP contribution in [-0.2, 0) is 9.84 Å². The van der Waals surface area contributed by atoms with Crippen molar-refractivity contribution in [1.29, 1.82) is 0 Å². The molecule has 0 amide bonds. The van der Waals surface area contributed by atoms with Crippen LogP contribution in [0, 0.1) is 17.8 Å². The van der Waals surface area contributed by atoms with Gasteiger partial charge in [0, 0.05) is 19.1 Å². The first-order chi connectivity index (χ1) is 10.9. The first-order valence-corrected chi connectivity index (χ1v) is 11.0. The molecule has 0 aromatic heterocycles. The number of hydrogen-bond acceptors (Lipinski definition) is 3. The maximum atomic E-state index is 11.6. The predicted molar refractivity (Wildman–Crippen MR) is 96.5 cm³/mol. The zero-order valence-corrected chi connectivity index (χ0v) is 15.7. The minimum atomic E-state index is -2.81. The highest BCUT2D eigenvalue weighted by Crippen LogP contribution is 2.29. The van der Waals surface area contributed by atoms with Gasteiger partial charge < -0.3 is 10.6 Å². The summed E-state index contributed by atoms with van der Waals surface area (Å²) in [7, 11) is -2.81. The van der Waals surface area contributed by atoms with E-state index in [1.807, 2.05) is 0 Å². The highest BCUT2D eigenvalue weighted by atomic mass is 32.2. The van der Waals surface area contributed by atoms with Gasteiger partial charge in [-0.15, -0.1) is 0 Å². The lowest BCUT2D eigenvalue weighted by molar-refractivity contribution is 0.239. The number of aliphatic imine (C=N–C) groups is 1. The molecule has 0 spiro atoms. The van der Waals surface area contributed by atoms with Gasteiger partial charge >= 0.3 is 0 Å². The van der Waals surface area contributed by atoms with Crippen molar-refractivity contribution in [2.24, 2.45) is 22.7 Å². The van der Waals surface area contributed by atoms with Gasteiger partial charge in [-0.1, -0.05) is 20.8 Å². The molecule has 5 nitrogen and oxygen atoms in total. The number of nitrogens with one attached hydrogen (secondary N) is 2. The summed E-state index contributed by atoms with van der Waals surface area (Å²) in [6.07, 6.45) is 5.45. The van der Waals surface area contributed by atoms with Crippen LogP contribution < -0.4 is 10.6 Å². The summed E-state index contributed by atoms with van der Waals surface area (Å²) in [6.45, 7) is 8.31. The van der Waals surface area contributed by atoms with Crippen molar-refractivity contribution in [3.63, 3.8) is 0 Å². The highest BCUT2D eigenvalue weighted by molar-refractivity contribution is 7.91. The van der Waals surface area contributed by atoms with Gasteiger partial charge in [0.25, 0.3) is 0 Å². The average Bonchev–Trinajstić information content (AvgIpc) is 2.85. The van der Waals surface area contributed by atoms with Gasteiger partial charge in [-0.2, -0.15) is 0 Å². The Hall–Kier alpha value is -0.780. The van der Waals surface area contributed by atoms with Crippen LogP contribution in [0.15, 0.2) is 4.99 Å². The number of nitrogens with zero attached hydrogens (tertiary/aromatic N) is 1. The van der Waals surface area contributed by atoms with Crippen molar-refractivity contribution in [3.8, 4) is 0 Å². The summed E-state index contributed by atoms with van der Waals surface area (Å²) in [5.41, 5.74) is 0. The Kier molecular flexibility index (Phi) is 6.74. The number of guanidine groups is 1. The molecule has 2 N–H and O–H groups in total. The van der Waals surface area contributed by atoms with E-state index in [2.05, 4.69) is 36.4 Å². The zero-order chi connectivity index (χ0) is 16.9. The van der Waals surface area contributed by atoms with Gasteiger partial charge in [0.15, 0.2) is 15.8 Å². The molecule has 2 aliphatic rings. The van der Waals surface area contributed by atoms with Gasteiger partial charge in [0.05, 0.1) is 11.5 Å². The number of hydrogen-bond donors (Lipinski definition) is 2. The molecule has 4 atom stereocenters. The van der Waals surface area contributed by atoms with Gasteiger partial charge in [-0.3, -0.25) is 4.99 Å². The first kappa shape index (κ1) is 18.6. The van der Waals surface area contributed by atoms with Gasteiger partial charge in [-0.25, -0.2) is 8.42 Å². The van der Waals surface area contributed by atoms with Crippen molar-refractivity contribution >= 4 is 15.8 Å². The summed E-state index contributed by atoms with van der Waals surface area (Å²) in [4.78, 5) is 4.68. The van der Waals surface area contributed by atoms with Crippen LogP contribution >= 0.6 is 0 Å². The second kappa shape index (κ2) is 8.36. The van der Waals surface area contributed by atoms with Crippen molar-refractivity contribution < 1.29 is 8.42 Å². The Morgan fingerprint density at radius 3 is 2.57 bits per heavy atom. The van der Waals surface area contributed by atoms with Crippen LogP contribution in [0.1, 0.15) is 52.9 Å². The molecule has 1 saturated carbocycles. The van der Waals surface area contributed by atoms with E-state index < -0.39 is 9.84 Å². The third-order valence-electron chi connectivity index (χ3n) is 5.32. The van der Waals surface area contributed by atoms with Crippen LogP contribution in [0.4, 0.5) is 0 Å². The summed E-state index contributed by atoms with van der Waals surface area (Å²) >= 11 is 0. The smallest absolute Gasteiger partial charge is 0.191 e. The fourth-order valence-corrected chi connectivity index (χ4v) is 5.35. The topological polar surface area (TPSA) is 70.6 Å². The second-order valence-corrected chi connectivity index (χ2v) is 9.72. The molecule has 0 aromatic rings. The van der Waals surface area contributed by atoms with Gasteiger partial charge in [-0.05, 0) is 49.9 Å². The molecular weight excluding hydrogens is 310 g/mol. The monoisotopic (exact) mass is 343 g/mol. The maximum Gasteiger partial charge on any atom is 0.191 e. The van der Waals surface area contributed by atoms with E-state index in [1.54, 1.807) is 0 Å². The van der Waals surface area contributed by atoms with Crippen molar-refractivity contribution in [3.05, 3.63) is 0 Å². The van der Waals surface area contributed by atoms with E-state index in [9.17, 15) is 8.42 Å². The molecule has 2 fully saturated rings. The highest BCUT2D eigenvalue weighted by Gasteiger charge is 2.28. The lowest BCUT2D eigenvalue weighted by atomic mass is 9.79. The largest absolute Gasteiger partial charge is 0.356 e. The molecule has 0 aromatic carbocycles. The minimum absolute atomic E-state index is 0.186. The summed E-state index contributed by atoms with van der Waals surface area (Å²) < 4.78 is 23.1. The standard InChI is InChI=1S/C17H33N3O2S/c1-4-8-18-17(19-11-15-7-9-23(21,22)12-15)20-16-6-5-13(2)14(3)10-16/h13-16H,4-12H2,1-3H3,(H2,18,19,20). The fourth-order valence-electron chi connectivity index (χ4n) is 3.50. The molecule has 1 aliphatic heterocycles. The van der Waals surface area contributed by atoms with Crippen LogP contribution in [-0.4, -0.2) is 45.0 Å². The Balaban J connectivity index is 1.89. The van der Waals surface area contributed by atoms with Gasteiger partial charge in [0.2, 0.25) is 0 Å². The molecule has 0 bridgehead atoms. The molecule has 1 heterocycles. The Morgan fingerprint density at radius 1 is 1.17 bits per heavy atom. The third kappa shape index (κ3) is 5.98.